The Hall–Kier alpha value is -3.71. The lowest BCUT2D eigenvalue weighted by molar-refractivity contribution is 0.103. The van der Waals surface area contributed by atoms with E-state index in [1.165, 1.54) is 18.2 Å². The molecule has 3 aromatic rings. The van der Waals surface area contributed by atoms with Crippen LogP contribution in [-0.4, -0.2) is 26.5 Å². The van der Waals surface area contributed by atoms with Crippen LogP contribution in [0, 0.1) is 13.8 Å². The van der Waals surface area contributed by atoms with Gasteiger partial charge in [-0.3, -0.25) is 4.79 Å². The predicted molar refractivity (Wildman–Crippen MR) is 130 cm³/mol. The number of allylic oxidation sites excluding steroid dienone is 2. The van der Waals surface area contributed by atoms with Crippen molar-refractivity contribution in [2.75, 3.05) is 11.9 Å². The molecule has 1 N–H and O–H groups in total. The first-order valence-corrected chi connectivity index (χ1v) is 12.0. The fraction of sp³-hybridized carbons (Fsp3) is 0.154. The summed E-state index contributed by atoms with van der Waals surface area (Å²) in [6.07, 6.45) is 1.50. The van der Waals surface area contributed by atoms with Crippen molar-refractivity contribution in [3.05, 3.63) is 101 Å². The molecule has 0 unspecified atom stereocenters. The highest BCUT2D eigenvalue weighted by molar-refractivity contribution is 7.90. The largest absolute Gasteiger partial charge is 0.494 e. The smallest absolute Gasteiger partial charge is 0.282 e. The number of nitrogens with zero attached hydrogens (tertiary/aromatic N) is 1. The molecule has 0 saturated heterocycles. The number of nitrogens with one attached hydrogen (secondary N) is 1. The van der Waals surface area contributed by atoms with Gasteiger partial charge in [0.2, 0.25) is 5.78 Å². The van der Waals surface area contributed by atoms with Gasteiger partial charge in [-0.15, -0.1) is 0 Å². The number of benzene rings is 3. The summed E-state index contributed by atoms with van der Waals surface area (Å²) < 4.78 is 35.6. The second kappa shape index (κ2) is 9.03. The van der Waals surface area contributed by atoms with Crippen molar-refractivity contribution < 1.29 is 17.9 Å². The number of sulfonamides is 1. The van der Waals surface area contributed by atoms with E-state index in [4.69, 9.17) is 4.74 Å². The summed E-state index contributed by atoms with van der Waals surface area (Å²) in [6.45, 7) is 6.28. The van der Waals surface area contributed by atoms with Crippen LogP contribution >= 0.6 is 0 Å². The second-order valence-electron chi connectivity index (χ2n) is 7.73. The minimum absolute atomic E-state index is 0.0464. The van der Waals surface area contributed by atoms with Gasteiger partial charge < -0.3 is 10.1 Å². The molecule has 6 nitrogen and oxygen atoms in total. The van der Waals surface area contributed by atoms with E-state index in [1.807, 2.05) is 39.0 Å². The first-order chi connectivity index (χ1) is 15.8. The highest BCUT2D eigenvalue weighted by Crippen LogP contribution is 2.27. The third-order valence-corrected chi connectivity index (χ3v) is 6.58. The molecular weight excluding hydrogens is 436 g/mol. The lowest BCUT2D eigenvalue weighted by Crippen LogP contribution is -2.23. The average Bonchev–Trinajstić information content (AvgIpc) is 2.79. The van der Waals surface area contributed by atoms with Crippen LogP contribution in [0.5, 0.6) is 5.75 Å². The van der Waals surface area contributed by atoms with Crippen LogP contribution in [0.1, 0.15) is 34.0 Å². The van der Waals surface area contributed by atoms with Crippen molar-refractivity contribution >= 4 is 27.2 Å². The Morgan fingerprint density at radius 1 is 0.939 bits per heavy atom. The lowest BCUT2D eigenvalue weighted by Gasteiger charge is -2.19. The van der Waals surface area contributed by atoms with E-state index in [9.17, 15) is 13.2 Å². The van der Waals surface area contributed by atoms with Gasteiger partial charge in [-0.25, -0.2) is 0 Å². The van der Waals surface area contributed by atoms with Crippen LogP contribution in [0.3, 0.4) is 0 Å². The maximum absolute atomic E-state index is 13.1. The van der Waals surface area contributed by atoms with Gasteiger partial charge in [0.15, 0.2) is 0 Å². The van der Waals surface area contributed by atoms with E-state index in [0.717, 1.165) is 16.8 Å². The number of hydrogen-bond donors (Lipinski definition) is 1. The van der Waals surface area contributed by atoms with Crippen LogP contribution in [0.2, 0.25) is 0 Å². The maximum Gasteiger partial charge on any atom is 0.282 e. The normalized spacial score (nSPS) is 14.6. The summed E-state index contributed by atoms with van der Waals surface area (Å²) in [6, 6.07) is 18.8. The van der Waals surface area contributed by atoms with E-state index in [2.05, 4.69) is 9.71 Å². The van der Waals surface area contributed by atoms with Crippen molar-refractivity contribution in [3.8, 4) is 5.75 Å². The summed E-state index contributed by atoms with van der Waals surface area (Å²) in [5.74, 6) is 0.362. The number of anilines is 1. The van der Waals surface area contributed by atoms with Gasteiger partial charge in [-0.1, -0.05) is 42.0 Å². The van der Waals surface area contributed by atoms with Crippen LogP contribution in [0.4, 0.5) is 5.69 Å². The Kier molecular flexibility index (Phi) is 6.16. The van der Waals surface area contributed by atoms with Crippen molar-refractivity contribution in [3.63, 3.8) is 0 Å². The standard InChI is InChI=1S/C26H24N2O4S/c1-4-32-19-10-12-20(13-11-19)33(30,31)28-24-16-25(26(29)22-8-6-5-7-21(22)24)27-23-14-9-17(2)15-18(23)3/h5-16,27H,4H2,1-3H3/b28-24+. The van der Waals surface area contributed by atoms with Crippen LogP contribution in [0.15, 0.2) is 87.8 Å². The summed E-state index contributed by atoms with van der Waals surface area (Å²) in [5.41, 5.74) is 4.19. The molecule has 0 radical (unpaired) electrons. The molecule has 4 rings (SSSR count). The molecule has 7 heteroatoms. The summed E-state index contributed by atoms with van der Waals surface area (Å²) >= 11 is 0. The molecule has 0 atom stereocenters. The Balaban J connectivity index is 1.77. The van der Waals surface area contributed by atoms with Crippen LogP contribution < -0.4 is 10.1 Å². The van der Waals surface area contributed by atoms with Gasteiger partial charge in [0.05, 0.1) is 22.9 Å². The maximum atomic E-state index is 13.1. The number of Topliss-reactive ketones (excluding diaryl/α,β-unsaturated/α-hetero) is 1. The molecule has 0 aromatic heterocycles. The number of carbonyl (C=O) groups is 1. The van der Waals surface area contributed by atoms with Crippen molar-refractivity contribution in [2.45, 2.75) is 25.7 Å². The van der Waals surface area contributed by atoms with Gasteiger partial charge >= 0.3 is 0 Å². The Morgan fingerprint density at radius 3 is 2.30 bits per heavy atom. The van der Waals surface area contributed by atoms with Gasteiger partial charge in [-0.2, -0.15) is 12.8 Å². The van der Waals surface area contributed by atoms with Gasteiger partial charge in [0.1, 0.15) is 5.75 Å². The average molecular weight is 461 g/mol. The van der Waals surface area contributed by atoms with Crippen LogP contribution in [0.25, 0.3) is 0 Å². The quantitative estimate of drug-likeness (QED) is 0.555. The minimum atomic E-state index is -4.01. The van der Waals surface area contributed by atoms with Crippen molar-refractivity contribution in [1.82, 2.24) is 0 Å². The first kappa shape index (κ1) is 22.5. The number of ether oxygens (including phenoxy) is 1. The molecule has 0 bridgehead atoms. The molecule has 168 valence electrons. The van der Waals surface area contributed by atoms with Crippen molar-refractivity contribution in [2.24, 2.45) is 4.40 Å². The van der Waals surface area contributed by atoms with E-state index in [0.29, 0.717) is 23.5 Å². The Bertz CT molecular complexity index is 1390. The molecule has 0 amide bonds. The first-order valence-electron chi connectivity index (χ1n) is 10.6. The van der Waals surface area contributed by atoms with Gasteiger partial charge in [0, 0.05) is 16.8 Å². The van der Waals surface area contributed by atoms with E-state index in [-0.39, 0.29) is 22.1 Å². The number of aryl methyl sites for hydroxylation is 2. The minimum Gasteiger partial charge on any atom is -0.494 e. The Labute approximate surface area is 193 Å². The fourth-order valence-electron chi connectivity index (χ4n) is 3.65. The zero-order chi connectivity index (χ0) is 23.6. The third-order valence-electron chi connectivity index (χ3n) is 5.28. The third kappa shape index (κ3) is 4.73. The van der Waals surface area contributed by atoms with E-state index >= 15 is 0 Å². The van der Waals surface area contributed by atoms with E-state index < -0.39 is 10.0 Å². The zero-order valence-electron chi connectivity index (χ0n) is 18.6. The molecule has 0 aliphatic heterocycles. The number of fused-ring (bicyclic) bond motifs is 1. The predicted octanol–water partition coefficient (Wildman–Crippen LogP) is 5.07. The molecule has 3 aromatic carbocycles. The van der Waals surface area contributed by atoms with Gasteiger partial charge in [-0.05, 0) is 62.7 Å². The van der Waals surface area contributed by atoms with Gasteiger partial charge in [0.25, 0.3) is 10.0 Å². The fourth-order valence-corrected chi connectivity index (χ4v) is 4.65. The zero-order valence-corrected chi connectivity index (χ0v) is 19.4. The molecule has 0 saturated carbocycles. The second-order valence-corrected chi connectivity index (χ2v) is 9.34. The monoisotopic (exact) mass is 460 g/mol. The molecule has 0 fully saturated rings. The molecule has 1 aliphatic carbocycles. The topological polar surface area (TPSA) is 84.8 Å². The number of ketones is 1. The SMILES string of the molecule is CCOc1ccc(S(=O)(=O)/N=C2\C=C(Nc3ccc(C)cc3C)C(=O)c3ccccc32)cc1. The summed E-state index contributed by atoms with van der Waals surface area (Å²) in [4.78, 5) is 13.2. The molecule has 1 aliphatic rings. The summed E-state index contributed by atoms with van der Waals surface area (Å²) in [7, 11) is -4.01. The number of hydrogen-bond acceptors (Lipinski definition) is 5. The highest BCUT2D eigenvalue weighted by atomic mass is 32.2. The number of rotatable bonds is 6. The van der Waals surface area contributed by atoms with Crippen molar-refractivity contribution in [1.29, 1.82) is 0 Å². The highest BCUT2D eigenvalue weighted by Gasteiger charge is 2.26. The molecule has 0 heterocycles. The lowest BCUT2D eigenvalue weighted by atomic mass is 9.92. The molecule has 0 spiro atoms. The molecule has 33 heavy (non-hydrogen) atoms. The molecular formula is C26H24N2O4S. The van der Waals surface area contributed by atoms with Crippen LogP contribution in [-0.2, 0) is 10.0 Å². The van der Waals surface area contributed by atoms with E-state index in [1.54, 1.807) is 36.4 Å². The Morgan fingerprint density at radius 2 is 1.64 bits per heavy atom. The summed E-state index contributed by atoms with van der Waals surface area (Å²) in [5, 5.41) is 3.16. The number of carbonyl (C=O) groups excluding carboxylic acids is 1.